The fourth-order valence-corrected chi connectivity index (χ4v) is 5.49. The van der Waals surface area contributed by atoms with E-state index < -0.39 is 12.2 Å². The molecule has 3 aromatic carbocycles. The van der Waals surface area contributed by atoms with Gasteiger partial charge in [0.15, 0.2) is 0 Å². The van der Waals surface area contributed by atoms with Crippen molar-refractivity contribution in [1.82, 2.24) is 25.1 Å². The van der Waals surface area contributed by atoms with Crippen molar-refractivity contribution in [2.75, 3.05) is 20.1 Å². The van der Waals surface area contributed by atoms with E-state index in [-0.39, 0.29) is 49.7 Å². The van der Waals surface area contributed by atoms with Crippen LogP contribution in [0.2, 0.25) is 10.0 Å². The fourth-order valence-electron chi connectivity index (χ4n) is 5.17. The van der Waals surface area contributed by atoms with Gasteiger partial charge in [0.25, 0.3) is 0 Å². The molecule has 208 valence electrons. The summed E-state index contributed by atoms with van der Waals surface area (Å²) in [6.07, 6.45) is -0.292. The summed E-state index contributed by atoms with van der Waals surface area (Å²) < 4.78 is 0. The van der Waals surface area contributed by atoms with Gasteiger partial charge in [0.2, 0.25) is 11.8 Å². The van der Waals surface area contributed by atoms with Gasteiger partial charge in [0.05, 0.1) is 23.1 Å². The van der Waals surface area contributed by atoms with E-state index in [0.29, 0.717) is 16.6 Å². The van der Waals surface area contributed by atoms with Crippen molar-refractivity contribution in [2.24, 2.45) is 0 Å². The Bertz CT molecular complexity index is 1410. The molecule has 0 spiro atoms. The zero-order valence-corrected chi connectivity index (χ0v) is 23.3. The normalized spacial score (nSPS) is 19.1. The van der Waals surface area contributed by atoms with E-state index in [1.807, 2.05) is 36.4 Å². The summed E-state index contributed by atoms with van der Waals surface area (Å²) in [4.78, 5) is 43.6. The molecule has 0 aromatic heterocycles. The molecule has 2 aliphatic rings. The Morgan fingerprint density at radius 2 is 1.68 bits per heavy atom. The zero-order valence-electron chi connectivity index (χ0n) is 21.8. The van der Waals surface area contributed by atoms with Crippen LogP contribution in [0.25, 0.3) is 0 Å². The molecule has 0 bridgehead atoms. The number of halogens is 2. The van der Waals surface area contributed by atoms with Crippen molar-refractivity contribution in [3.8, 4) is 5.75 Å². The highest BCUT2D eigenvalue weighted by molar-refractivity contribution is 6.42. The lowest BCUT2D eigenvalue weighted by atomic mass is 10.00. The quantitative estimate of drug-likeness (QED) is 0.441. The van der Waals surface area contributed by atoms with Crippen LogP contribution in [0.1, 0.15) is 16.7 Å². The molecule has 2 aliphatic heterocycles. The van der Waals surface area contributed by atoms with Crippen LogP contribution in [0.5, 0.6) is 5.75 Å². The molecule has 0 unspecified atom stereocenters. The third kappa shape index (κ3) is 5.86. The van der Waals surface area contributed by atoms with E-state index in [1.54, 1.807) is 58.3 Å². The predicted molar refractivity (Wildman–Crippen MR) is 151 cm³/mol. The van der Waals surface area contributed by atoms with Gasteiger partial charge in [-0.1, -0.05) is 71.7 Å². The largest absolute Gasteiger partial charge is 0.508 e. The maximum Gasteiger partial charge on any atom is 0.332 e. The number of hydrazine groups is 1. The van der Waals surface area contributed by atoms with Gasteiger partial charge >= 0.3 is 6.03 Å². The smallest absolute Gasteiger partial charge is 0.332 e. The highest BCUT2D eigenvalue weighted by Gasteiger charge is 2.51. The Morgan fingerprint density at radius 1 is 0.975 bits per heavy atom. The summed E-state index contributed by atoms with van der Waals surface area (Å²) in [6, 6.07) is 20.2. The van der Waals surface area contributed by atoms with E-state index in [1.165, 1.54) is 5.01 Å². The van der Waals surface area contributed by atoms with Gasteiger partial charge < -0.3 is 20.2 Å². The number of nitrogens with one attached hydrogen (secondary N) is 1. The van der Waals surface area contributed by atoms with E-state index >= 15 is 0 Å². The minimum Gasteiger partial charge on any atom is -0.508 e. The second kappa shape index (κ2) is 11.8. The number of rotatable bonds is 7. The maximum absolute atomic E-state index is 13.8. The van der Waals surface area contributed by atoms with Gasteiger partial charge in [0.1, 0.15) is 18.0 Å². The monoisotopic (exact) mass is 581 g/mol. The highest BCUT2D eigenvalue weighted by Crippen LogP contribution is 2.31. The number of amides is 4. The predicted octanol–water partition coefficient (Wildman–Crippen LogP) is 3.88. The van der Waals surface area contributed by atoms with Crippen LogP contribution in [0.15, 0.2) is 72.8 Å². The SMILES string of the molecule is CN(C(=O)NCc1ccccc1)N1CC(=O)N2[C@@H](Cc3ccc(O)cc3)C(=O)N(Cc3ccc(Cl)c(Cl)c3)C[C@@H]21. The lowest BCUT2D eigenvalue weighted by Crippen LogP contribution is -2.65. The molecule has 0 radical (unpaired) electrons. The van der Waals surface area contributed by atoms with Crippen LogP contribution in [0.4, 0.5) is 4.79 Å². The number of nitrogens with zero attached hydrogens (tertiary/aromatic N) is 4. The van der Waals surface area contributed by atoms with Crippen molar-refractivity contribution in [1.29, 1.82) is 0 Å². The lowest BCUT2D eigenvalue weighted by Gasteiger charge is -2.45. The van der Waals surface area contributed by atoms with E-state index in [0.717, 1.165) is 16.7 Å². The second-order valence-corrected chi connectivity index (χ2v) is 10.7. The zero-order chi connectivity index (χ0) is 28.4. The second-order valence-electron chi connectivity index (χ2n) is 9.90. The van der Waals surface area contributed by atoms with Crippen molar-refractivity contribution < 1.29 is 19.5 Å². The molecule has 0 aliphatic carbocycles. The van der Waals surface area contributed by atoms with Crippen LogP contribution in [0.3, 0.4) is 0 Å². The van der Waals surface area contributed by atoms with Gasteiger partial charge in [-0.3, -0.25) is 14.6 Å². The number of aromatic hydroxyl groups is 1. The number of fused-ring (bicyclic) bond motifs is 1. The number of phenolic OH excluding ortho intramolecular Hbond substituents is 1. The van der Waals surface area contributed by atoms with Crippen molar-refractivity contribution in [2.45, 2.75) is 31.7 Å². The molecule has 5 rings (SSSR count). The third-order valence-corrected chi connectivity index (χ3v) is 7.99. The summed E-state index contributed by atoms with van der Waals surface area (Å²) >= 11 is 12.3. The van der Waals surface area contributed by atoms with Crippen LogP contribution in [0, 0.1) is 0 Å². The first-order valence-electron chi connectivity index (χ1n) is 12.8. The number of urea groups is 1. The molecule has 2 heterocycles. The lowest BCUT2D eigenvalue weighted by molar-refractivity contribution is -0.157. The first-order valence-corrected chi connectivity index (χ1v) is 13.6. The van der Waals surface area contributed by atoms with E-state index in [9.17, 15) is 19.5 Å². The topological polar surface area (TPSA) is 96.4 Å². The average molecular weight is 582 g/mol. The number of piperazine rings is 1. The average Bonchev–Trinajstić information content (AvgIpc) is 3.28. The van der Waals surface area contributed by atoms with Crippen LogP contribution >= 0.6 is 23.2 Å². The highest BCUT2D eigenvalue weighted by atomic mass is 35.5. The number of hydrogen-bond acceptors (Lipinski definition) is 5. The number of carbonyl (C=O) groups excluding carboxylic acids is 3. The maximum atomic E-state index is 13.8. The minimum absolute atomic E-state index is 0.0418. The molecule has 3 aromatic rings. The van der Waals surface area contributed by atoms with Crippen LogP contribution in [-0.2, 0) is 29.1 Å². The Labute approximate surface area is 242 Å². The molecule has 2 saturated heterocycles. The summed E-state index contributed by atoms with van der Waals surface area (Å²) in [5, 5.41) is 16.5. The van der Waals surface area contributed by atoms with Crippen LogP contribution < -0.4 is 5.32 Å². The third-order valence-electron chi connectivity index (χ3n) is 7.26. The molecule has 0 saturated carbocycles. The number of carbonyl (C=O) groups is 3. The Morgan fingerprint density at radius 3 is 2.38 bits per heavy atom. The molecular formula is C29H29Cl2N5O4. The molecule has 2 atom stereocenters. The minimum atomic E-state index is -0.788. The summed E-state index contributed by atoms with van der Waals surface area (Å²) in [6.45, 7) is 0.761. The van der Waals surface area contributed by atoms with E-state index in [2.05, 4.69) is 5.32 Å². The molecule has 4 amide bonds. The fraction of sp³-hybridized carbons (Fsp3) is 0.276. The van der Waals surface area contributed by atoms with Crippen molar-refractivity contribution in [3.63, 3.8) is 0 Å². The van der Waals surface area contributed by atoms with Gasteiger partial charge in [-0.2, -0.15) is 5.01 Å². The molecule has 2 fully saturated rings. The molecule has 2 N–H and O–H groups in total. The van der Waals surface area contributed by atoms with Crippen molar-refractivity contribution in [3.05, 3.63) is 99.5 Å². The van der Waals surface area contributed by atoms with Gasteiger partial charge in [-0.25, -0.2) is 4.79 Å². The molecule has 40 heavy (non-hydrogen) atoms. The first-order chi connectivity index (χ1) is 19.2. The Balaban J connectivity index is 1.40. The Hall–Kier alpha value is -3.79. The standard InChI is InChI=1S/C29H29Cl2N5O4/c1-33(29(40)32-15-20-5-3-2-4-6-20)35-18-27(38)36-25(14-19-7-10-22(37)11-8-19)28(39)34(17-26(35)36)16-21-9-12-23(30)24(31)13-21/h2-13,25-26,37H,14-18H2,1H3,(H,32,40)/t25-,26+/m0/s1. The Kier molecular flexibility index (Phi) is 8.16. The van der Waals surface area contributed by atoms with Gasteiger partial charge in [-0.15, -0.1) is 0 Å². The summed E-state index contributed by atoms with van der Waals surface area (Å²) in [5.41, 5.74) is 2.55. The number of benzene rings is 3. The summed E-state index contributed by atoms with van der Waals surface area (Å²) in [7, 11) is 1.62. The van der Waals surface area contributed by atoms with Gasteiger partial charge in [-0.05, 0) is 41.0 Å². The molecule has 9 nitrogen and oxygen atoms in total. The summed E-state index contributed by atoms with van der Waals surface area (Å²) in [5.74, 6) is -0.329. The number of phenols is 1. The van der Waals surface area contributed by atoms with Gasteiger partial charge in [0, 0.05) is 26.6 Å². The number of hydrogen-bond donors (Lipinski definition) is 2. The molecular weight excluding hydrogens is 553 g/mol. The van der Waals surface area contributed by atoms with Crippen molar-refractivity contribution >= 4 is 41.0 Å². The first kappa shape index (κ1) is 27.8. The molecule has 11 heteroatoms. The van der Waals surface area contributed by atoms with Crippen LogP contribution in [-0.4, -0.2) is 75.1 Å². The van der Waals surface area contributed by atoms with E-state index in [4.69, 9.17) is 23.2 Å².